The molecule has 0 unspecified atom stereocenters. The number of ether oxygens (including phenoxy) is 4. The van der Waals surface area contributed by atoms with Gasteiger partial charge in [0, 0.05) is 46.7 Å². The van der Waals surface area contributed by atoms with Crippen LogP contribution in [0.4, 0.5) is 32.6 Å². The molecule has 82 heavy (non-hydrogen) atoms. The summed E-state index contributed by atoms with van der Waals surface area (Å²) in [6, 6.07) is 38.8. The first kappa shape index (κ1) is 56.5. The lowest BCUT2D eigenvalue weighted by Gasteiger charge is -2.34. The molecule has 2 aliphatic heterocycles. The molecule has 18 heteroatoms. The van der Waals surface area contributed by atoms with Crippen LogP contribution in [0, 0.1) is 11.8 Å². The smallest absolute Gasteiger partial charge is 0.347 e. The van der Waals surface area contributed by atoms with Crippen molar-refractivity contribution in [1.29, 1.82) is 0 Å². The van der Waals surface area contributed by atoms with Crippen LogP contribution in [0.2, 0.25) is 0 Å². The molecule has 10 rings (SSSR count). The molecule has 6 heterocycles. The third kappa shape index (κ3) is 14.6. The minimum Gasteiger partial charge on any atom is -0.494 e. The summed E-state index contributed by atoms with van der Waals surface area (Å²) in [7, 11) is 0. The number of amides is 4. The highest BCUT2D eigenvalue weighted by Crippen LogP contribution is 2.37. The van der Waals surface area contributed by atoms with E-state index in [9.17, 15) is 0 Å². The lowest BCUT2D eigenvalue weighted by atomic mass is 9.92. The van der Waals surface area contributed by atoms with Crippen LogP contribution >= 0.6 is 0 Å². The van der Waals surface area contributed by atoms with Crippen LogP contribution in [0.25, 0.3) is 11.4 Å². The number of carbonyl (C=O) groups is 2. The van der Waals surface area contributed by atoms with Gasteiger partial charge in [0.05, 0.1) is 48.4 Å². The molecular weight excluding hydrogens is 1030 g/mol. The van der Waals surface area contributed by atoms with Crippen LogP contribution in [0.5, 0.6) is 34.5 Å². The first-order valence-corrected chi connectivity index (χ1v) is 28.4. The van der Waals surface area contributed by atoms with Gasteiger partial charge >= 0.3 is 12.1 Å². The highest BCUT2D eigenvalue weighted by molar-refractivity contribution is 6.12. The molecule has 4 amide bonds. The second kappa shape index (κ2) is 25.8. The number of nitrogens with one attached hydrogen (secondary N) is 4. The minimum absolute atomic E-state index is 0.247. The predicted molar refractivity (Wildman–Crippen MR) is 320 cm³/mol. The van der Waals surface area contributed by atoms with Gasteiger partial charge < -0.3 is 40.2 Å². The summed E-state index contributed by atoms with van der Waals surface area (Å²) < 4.78 is 28.1. The first-order chi connectivity index (χ1) is 39.7. The summed E-state index contributed by atoms with van der Waals surface area (Å²) in [5.41, 5.74) is 2.36. The maximum Gasteiger partial charge on any atom is 0.347 e. The van der Waals surface area contributed by atoms with Crippen molar-refractivity contribution in [2.75, 3.05) is 60.0 Å². The van der Waals surface area contributed by atoms with Crippen molar-refractivity contribution < 1.29 is 28.5 Å². The largest absolute Gasteiger partial charge is 0.494 e. The average Bonchev–Trinajstić information content (AvgIpc) is 4.24. The number of pyridine rings is 2. The number of aromatic nitrogens is 6. The number of nitrogens with zero attached hydrogens (tertiary/aromatic N) is 8. The molecular formula is C64H74N12O6. The molecule has 8 aromatic rings. The molecule has 2 saturated heterocycles. The van der Waals surface area contributed by atoms with E-state index >= 15 is 9.59 Å². The van der Waals surface area contributed by atoms with E-state index in [1.165, 1.54) is 10.0 Å². The molecule has 2 aliphatic rings. The summed E-state index contributed by atoms with van der Waals surface area (Å²) in [4.78, 5) is 40.3. The van der Waals surface area contributed by atoms with Crippen LogP contribution in [-0.2, 0) is 10.8 Å². The van der Waals surface area contributed by atoms with Crippen LogP contribution in [0.3, 0.4) is 0 Å². The van der Waals surface area contributed by atoms with Crippen LogP contribution in [0.1, 0.15) is 91.5 Å². The number of hydrazine groups is 1. The molecule has 0 radical (unpaired) electrons. The minimum atomic E-state index is -0.696. The van der Waals surface area contributed by atoms with Crippen molar-refractivity contribution in [1.82, 2.24) is 40.2 Å². The van der Waals surface area contributed by atoms with Crippen molar-refractivity contribution in [3.05, 3.63) is 170 Å². The summed E-state index contributed by atoms with van der Waals surface area (Å²) in [6.45, 7) is 17.6. The molecule has 0 aliphatic carbocycles. The lowest BCUT2D eigenvalue weighted by Crippen LogP contribution is -2.55. The predicted octanol–water partition coefficient (Wildman–Crippen LogP) is 13.3. The average molecular weight is 1110 g/mol. The summed E-state index contributed by atoms with van der Waals surface area (Å²) in [5.74, 6) is 5.33. The Morgan fingerprint density at radius 1 is 0.512 bits per heavy atom. The number of carbonyl (C=O) groups excluding carboxylic acids is 2. The van der Waals surface area contributed by atoms with Gasteiger partial charge in [0.25, 0.3) is 0 Å². The Kier molecular flexibility index (Phi) is 17.8. The molecule has 4 aromatic carbocycles. The van der Waals surface area contributed by atoms with Crippen molar-refractivity contribution in [2.24, 2.45) is 11.8 Å². The van der Waals surface area contributed by atoms with E-state index in [0.717, 1.165) is 64.7 Å². The van der Waals surface area contributed by atoms with E-state index in [1.54, 1.807) is 94.8 Å². The second-order valence-corrected chi connectivity index (χ2v) is 22.9. The Hall–Kier alpha value is -8.74. The van der Waals surface area contributed by atoms with Gasteiger partial charge in [-0.1, -0.05) is 41.5 Å². The number of benzene rings is 4. The third-order valence-corrected chi connectivity index (χ3v) is 14.6. The molecule has 426 valence electrons. The van der Waals surface area contributed by atoms with Crippen LogP contribution in [0.15, 0.2) is 158 Å². The van der Waals surface area contributed by atoms with Gasteiger partial charge in [-0.25, -0.2) is 19.0 Å². The zero-order chi connectivity index (χ0) is 57.1. The number of urea groups is 2. The molecule has 4 aromatic heterocycles. The molecule has 4 N–H and O–H groups in total. The maximum absolute atomic E-state index is 16.0. The van der Waals surface area contributed by atoms with E-state index in [2.05, 4.69) is 72.8 Å². The van der Waals surface area contributed by atoms with E-state index < -0.39 is 22.9 Å². The quantitative estimate of drug-likeness (QED) is 0.0597. The Balaban J connectivity index is 1.08. The highest BCUT2D eigenvalue weighted by Gasteiger charge is 2.38. The Morgan fingerprint density at radius 2 is 0.878 bits per heavy atom. The molecule has 0 saturated carbocycles. The number of piperidine rings is 2. The second-order valence-electron chi connectivity index (χ2n) is 22.9. The topological polar surface area (TPSA) is 187 Å². The highest BCUT2D eigenvalue weighted by atomic mass is 16.5. The molecule has 18 nitrogen and oxygen atoms in total. The number of hydrogen-bond acceptors (Lipinski definition) is 12. The van der Waals surface area contributed by atoms with E-state index in [4.69, 9.17) is 29.1 Å². The Labute approximate surface area is 480 Å². The van der Waals surface area contributed by atoms with Crippen LogP contribution < -0.4 is 50.2 Å². The van der Waals surface area contributed by atoms with E-state index in [1.807, 2.05) is 72.8 Å². The maximum atomic E-state index is 16.0. The standard InChI is InChI=1S/C64H74N12O6/c1-63(2,3)57-41-59(73(71-57)49-15-23-51(24-16-49)79-39-31-45-27-35-65-36-28-45)75(61(77)69-47-11-19-53(20-12-47)81-55-9-7-33-67-43-55)76(62(78)70-48-13-21-54(22-14-48)82-56-10-8-34-68-44-56)60-42-58(64(4,5)6)72-74(60)50-17-25-52(26-18-50)80-40-32-46-29-37-66-38-30-46/h7-26,33-34,41-46,65-66H,27-32,35-40H2,1-6H3,(H,69,77)(H,70,78). The van der Waals surface area contributed by atoms with E-state index in [0.29, 0.717) is 93.7 Å². The lowest BCUT2D eigenvalue weighted by molar-refractivity contribution is 0.248. The monoisotopic (exact) mass is 1110 g/mol. The van der Waals surface area contributed by atoms with Gasteiger partial charge in [-0.2, -0.15) is 20.2 Å². The molecule has 2 fully saturated rings. The fourth-order valence-electron chi connectivity index (χ4n) is 9.80. The fourth-order valence-corrected chi connectivity index (χ4v) is 9.80. The van der Waals surface area contributed by atoms with Crippen molar-refractivity contribution in [3.63, 3.8) is 0 Å². The Morgan fingerprint density at radius 3 is 1.22 bits per heavy atom. The number of rotatable bonds is 18. The van der Waals surface area contributed by atoms with Crippen molar-refractivity contribution in [2.45, 2.75) is 90.9 Å². The third-order valence-electron chi connectivity index (χ3n) is 14.6. The normalized spacial score (nSPS) is 14.2. The van der Waals surface area contributed by atoms with Gasteiger partial charge in [-0.3, -0.25) is 9.97 Å². The summed E-state index contributed by atoms with van der Waals surface area (Å²) in [6.07, 6.45) is 13.1. The molecule has 0 atom stereocenters. The van der Waals surface area contributed by atoms with Crippen molar-refractivity contribution >= 4 is 35.1 Å². The number of anilines is 4. The molecule has 0 spiro atoms. The van der Waals surface area contributed by atoms with Gasteiger partial charge in [-0.15, -0.1) is 0 Å². The zero-order valence-corrected chi connectivity index (χ0v) is 47.7. The SMILES string of the molecule is CC(C)(C)c1cc(N(C(=O)Nc2ccc(Oc3cccnc3)cc2)N(C(=O)Nc2ccc(Oc3cccnc3)cc2)c2cc(C(C)(C)C)nn2-c2ccc(OCCC3CCNCC3)cc2)n(-c2ccc(OCCC3CCNCC3)cc2)n1. The van der Waals surface area contributed by atoms with E-state index in [-0.39, 0.29) is 11.6 Å². The van der Waals surface area contributed by atoms with Gasteiger partial charge in [-0.05, 0) is 198 Å². The molecule has 0 bridgehead atoms. The van der Waals surface area contributed by atoms with Gasteiger partial charge in [0.2, 0.25) is 0 Å². The van der Waals surface area contributed by atoms with Gasteiger partial charge in [0.15, 0.2) is 11.6 Å². The van der Waals surface area contributed by atoms with Gasteiger partial charge in [0.1, 0.15) is 34.5 Å². The zero-order valence-electron chi connectivity index (χ0n) is 47.7. The van der Waals surface area contributed by atoms with Crippen molar-refractivity contribution in [3.8, 4) is 45.9 Å². The summed E-state index contributed by atoms with van der Waals surface area (Å²) >= 11 is 0. The first-order valence-electron chi connectivity index (χ1n) is 28.4. The number of hydrogen-bond donors (Lipinski definition) is 4. The van der Waals surface area contributed by atoms with Crippen LogP contribution in [-0.4, -0.2) is 81.0 Å². The fraction of sp³-hybridized carbons (Fsp3) is 0.344. The summed E-state index contributed by atoms with van der Waals surface area (Å²) in [5, 5.41) is 26.2. The Bertz CT molecular complexity index is 3100.